The van der Waals surface area contributed by atoms with Gasteiger partial charge in [-0.15, -0.1) is 0 Å². The Balaban J connectivity index is 1.35. The molecule has 2 heterocycles. The van der Waals surface area contributed by atoms with Gasteiger partial charge in [0, 0.05) is 43.7 Å². The van der Waals surface area contributed by atoms with Crippen LogP contribution in [-0.4, -0.2) is 57.0 Å². The van der Waals surface area contributed by atoms with Crippen molar-refractivity contribution in [1.82, 2.24) is 9.21 Å². The van der Waals surface area contributed by atoms with Gasteiger partial charge >= 0.3 is 0 Å². The molecule has 2 aliphatic rings. The van der Waals surface area contributed by atoms with Gasteiger partial charge in [0.05, 0.1) is 24.2 Å². The SMILES string of the molecule is O=S(=O)(c1ccc2c(c1)OCCCO2)N1CCN([C@@H](c2ccccc2)c2ccc(Cl)cc2)CC1. The van der Waals surface area contributed by atoms with Crippen LogP contribution in [0.5, 0.6) is 11.5 Å². The molecule has 0 bridgehead atoms. The molecule has 0 N–H and O–H groups in total. The Bertz CT molecular complexity index is 1230. The van der Waals surface area contributed by atoms with Gasteiger partial charge in [0.25, 0.3) is 0 Å². The zero-order valence-electron chi connectivity index (χ0n) is 18.8. The predicted molar refractivity (Wildman–Crippen MR) is 132 cm³/mol. The van der Waals surface area contributed by atoms with Crippen molar-refractivity contribution in [2.24, 2.45) is 0 Å². The Morgan fingerprint density at radius 2 is 1.41 bits per heavy atom. The van der Waals surface area contributed by atoms with Gasteiger partial charge < -0.3 is 9.47 Å². The lowest BCUT2D eigenvalue weighted by Gasteiger charge is -2.39. The van der Waals surface area contributed by atoms with Gasteiger partial charge in [-0.05, 0) is 35.4 Å². The first-order chi connectivity index (χ1) is 16.5. The molecule has 0 saturated carbocycles. The molecular weight excluding hydrogens is 472 g/mol. The second-order valence-electron chi connectivity index (χ2n) is 8.46. The maximum atomic E-state index is 13.4. The summed E-state index contributed by atoms with van der Waals surface area (Å²) in [6.07, 6.45) is 0.773. The number of benzene rings is 3. The normalized spacial score (nSPS) is 18.3. The summed E-state index contributed by atoms with van der Waals surface area (Å²) in [5.74, 6) is 1.08. The van der Waals surface area contributed by atoms with Crippen molar-refractivity contribution in [3.63, 3.8) is 0 Å². The smallest absolute Gasteiger partial charge is 0.243 e. The van der Waals surface area contributed by atoms with Crippen LogP contribution in [0.2, 0.25) is 5.02 Å². The number of rotatable bonds is 5. The van der Waals surface area contributed by atoms with E-state index in [2.05, 4.69) is 17.0 Å². The fourth-order valence-corrected chi connectivity index (χ4v) is 6.11. The molecule has 5 rings (SSSR count). The Hall–Kier alpha value is -2.58. The molecule has 1 fully saturated rings. The van der Waals surface area contributed by atoms with E-state index >= 15 is 0 Å². The molecule has 0 spiro atoms. The minimum absolute atomic E-state index is 0.0290. The van der Waals surface area contributed by atoms with Crippen LogP contribution in [0, 0.1) is 0 Å². The van der Waals surface area contributed by atoms with E-state index in [1.165, 1.54) is 5.56 Å². The summed E-state index contributed by atoms with van der Waals surface area (Å²) in [6, 6.07) is 23.1. The third kappa shape index (κ3) is 4.79. The lowest BCUT2D eigenvalue weighted by atomic mass is 9.96. The van der Waals surface area contributed by atoms with Crippen LogP contribution in [0.25, 0.3) is 0 Å². The van der Waals surface area contributed by atoms with Gasteiger partial charge in [0.2, 0.25) is 10.0 Å². The highest BCUT2D eigenvalue weighted by molar-refractivity contribution is 7.89. The highest BCUT2D eigenvalue weighted by Gasteiger charge is 2.33. The summed E-state index contributed by atoms with van der Waals surface area (Å²) in [7, 11) is -3.64. The molecule has 1 saturated heterocycles. The topological polar surface area (TPSA) is 59.1 Å². The molecule has 34 heavy (non-hydrogen) atoms. The molecule has 0 radical (unpaired) electrons. The molecule has 2 aliphatic heterocycles. The fourth-order valence-electron chi connectivity index (χ4n) is 4.55. The number of piperazine rings is 1. The van der Waals surface area contributed by atoms with E-state index in [4.69, 9.17) is 21.1 Å². The maximum absolute atomic E-state index is 13.4. The Morgan fingerprint density at radius 3 is 2.12 bits per heavy atom. The summed E-state index contributed by atoms with van der Waals surface area (Å²) >= 11 is 6.13. The molecule has 3 aromatic rings. The first-order valence-electron chi connectivity index (χ1n) is 11.5. The van der Waals surface area contributed by atoms with Crippen molar-refractivity contribution in [1.29, 1.82) is 0 Å². The highest BCUT2D eigenvalue weighted by atomic mass is 35.5. The molecule has 178 valence electrons. The summed E-state index contributed by atoms with van der Waals surface area (Å²) in [4.78, 5) is 2.57. The van der Waals surface area contributed by atoms with Gasteiger partial charge in [-0.3, -0.25) is 4.90 Å². The number of sulfonamides is 1. The standard InChI is InChI=1S/C26H27ClN2O4S/c27-22-9-7-21(8-10-22)26(20-5-2-1-3-6-20)28-13-15-29(16-14-28)34(30,31)23-11-12-24-25(19-23)33-18-4-17-32-24/h1-3,5-12,19,26H,4,13-18H2/t26-/m0/s1. The highest BCUT2D eigenvalue weighted by Crippen LogP contribution is 2.34. The second kappa shape index (κ2) is 9.96. The Labute approximate surface area is 205 Å². The van der Waals surface area contributed by atoms with Crippen molar-refractivity contribution >= 4 is 21.6 Å². The van der Waals surface area contributed by atoms with E-state index in [0.717, 1.165) is 12.0 Å². The van der Waals surface area contributed by atoms with Gasteiger partial charge in [0.15, 0.2) is 11.5 Å². The van der Waals surface area contributed by atoms with Crippen molar-refractivity contribution in [2.75, 3.05) is 39.4 Å². The third-order valence-corrected chi connectivity index (χ3v) is 8.44. The quantitative estimate of drug-likeness (QED) is 0.514. The first kappa shape index (κ1) is 23.2. The number of hydrogen-bond donors (Lipinski definition) is 0. The maximum Gasteiger partial charge on any atom is 0.243 e. The number of nitrogens with zero attached hydrogens (tertiary/aromatic N) is 2. The third-order valence-electron chi connectivity index (χ3n) is 6.30. The molecule has 0 aliphatic carbocycles. The van der Waals surface area contributed by atoms with Crippen LogP contribution < -0.4 is 9.47 Å². The van der Waals surface area contributed by atoms with E-state index in [1.807, 2.05) is 42.5 Å². The average molecular weight is 499 g/mol. The lowest BCUT2D eigenvalue weighted by molar-refractivity contribution is 0.156. The van der Waals surface area contributed by atoms with Crippen LogP contribution >= 0.6 is 11.6 Å². The Morgan fingerprint density at radius 1 is 0.765 bits per heavy atom. The van der Waals surface area contributed by atoms with Crippen LogP contribution in [0.1, 0.15) is 23.6 Å². The van der Waals surface area contributed by atoms with Crippen molar-refractivity contribution in [3.8, 4) is 11.5 Å². The van der Waals surface area contributed by atoms with Gasteiger partial charge in [-0.25, -0.2) is 8.42 Å². The number of hydrogen-bond acceptors (Lipinski definition) is 5. The van der Waals surface area contributed by atoms with E-state index in [-0.39, 0.29) is 10.9 Å². The van der Waals surface area contributed by atoms with Crippen LogP contribution in [0.15, 0.2) is 77.7 Å². The fraction of sp³-hybridized carbons (Fsp3) is 0.308. The van der Waals surface area contributed by atoms with Crippen molar-refractivity contribution in [3.05, 3.63) is 88.9 Å². The van der Waals surface area contributed by atoms with Crippen LogP contribution in [-0.2, 0) is 10.0 Å². The molecule has 1 atom stereocenters. The monoisotopic (exact) mass is 498 g/mol. The van der Waals surface area contributed by atoms with Crippen LogP contribution in [0.4, 0.5) is 0 Å². The van der Waals surface area contributed by atoms with Gasteiger partial charge in [-0.1, -0.05) is 54.1 Å². The molecule has 3 aromatic carbocycles. The zero-order chi connectivity index (χ0) is 23.5. The molecule has 6 nitrogen and oxygen atoms in total. The van der Waals surface area contributed by atoms with E-state index in [1.54, 1.807) is 22.5 Å². The summed E-state index contributed by atoms with van der Waals surface area (Å²) in [5, 5.41) is 0.696. The van der Waals surface area contributed by atoms with Crippen molar-refractivity contribution < 1.29 is 17.9 Å². The minimum Gasteiger partial charge on any atom is -0.490 e. The molecule has 0 aromatic heterocycles. The predicted octanol–water partition coefficient (Wildman–Crippen LogP) is 4.60. The lowest BCUT2D eigenvalue weighted by Crippen LogP contribution is -2.49. The summed E-state index contributed by atoms with van der Waals surface area (Å²) in [5.41, 5.74) is 2.30. The van der Waals surface area contributed by atoms with Crippen molar-refractivity contribution in [2.45, 2.75) is 17.4 Å². The summed E-state index contributed by atoms with van der Waals surface area (Å²) < 4.78 is 39.7. The van der Waals surface area contributed by atoms with E-state index in [9.17, 15) is 8.42 Å². The number of fused-ring (bicyclic) bond motifs is 1. The molecule has 8 heteroatoms. The van der Waals surface area contributed by atoms with E-state index in [0.29, 0.717) is 55.9 Å². The zero-order valence-corrected chi connectivity index (χ0v) is 20.3. The minimum atomic E-state index is -3.64. The van der Waals surface area contributed by atoms with E-state index < -0.39 is 10.0 Å². The average Bonchev–Trinajstić information content (AvgIpc) is 3.11. The Kier molecular flexibility index (Phi) is 6.79. The molecule has 0 unspecified atom stereocenters. The van der Waals surface area contributed by atoms with Gasteiger partial charge in [-0.2, -0.15) is 4.31 Å². The number of ether oxygens (including phenoxy) is 2. The largest absolute Gasteiger partial charge is 0.490 e. The second-order valence-corrected chi connectivity index (χ2v) is 10.8. The molecular formula is C26H27ClN2O4S. The number of halogens is 1. The summed E-state index contributed by atoms with van der Waals surface area (Å²) in [6.45, 7) is 3.14. The van der Waals surface area contributed by atoms with Crippen LogP contribution in [0.3, 0.4) is 0 Å². The van der Waals surface area contributed by atoms with Gasteiger partial charge in [0.1, 0.15) is 0 Å². The first-order valence-corrected chi connectivity index (χ1v) is 13.3. The molecule has 0 amide bonds.